The average Bonchev–Trinajstić information content (AvgIpc) is 3.06. The Morgan fingerprint density at radius 2 is 1.93 bits per heavy atom. The van der Waals surface area contributed by atoms with Crippen LogP contribution in [0.4, 0.5) is 4.79 Å². The molecule has 0 saturated carbocycles. The van der Waals surface area contributed by atoms with E-state index in [0.29, 0.717) is 54.9 Å². The maximum Gasteiger partial charge on any atom is 0.409 e. The minimum atomic E-state index is -0.359. The molecule has 1 aromatic carbocycles. The lowest BCUT2D eigenvalue weighted by Crippen LogP contribution is -2.51. The van der Waals surface area contributed by atoms with Crippen molar-refractivity contribution in [3.8, 4) is 5.75 Å². The molecule has 1 aromatic heterocycles. The van der Waals surface area contributed by atoms with Crippen molar-refractivity contribution in [3.63, 3.8) is 0 Å². The van der Waals surface area contributed by atoms with Gasteiger partial charge in [0.2, 0.25) is 0 Å². The number of ether oxygens (including phenoxy) is 2. The molecule has 150 valence electrons. The first-order valence-electron chi connectivity index (χ1n) is 9.04. The lowest BCUT2D eigenvalue weighted by atomic mass is 10.1. The highest BCUT2D eigenvalue weighted by Gasteiger charge is 2.29. The molecular formula is C19H22ClN3O5. The highest BCUT2D eigenvalue weighted by Crippen LogP contribution is 2.22. The molecule has 0 unspecified atom stereocenters. The topological polar surface area (TPSA) is 85.1 Å². The van der Waals surface area contributed by atoms with Gasteiger partial charge < -0.3 is 23.8 Å². The zero-order chi connectivity index (χ0) is 20.1. The van der Waals surface area contributed by atoms with Crippen molar-refractivity contribution in [2.45, 2.75) is 20.5 Å². The van der Waals surface area contributed by atoms with Crippen molar-refractivity contribution < 1.29 is 23.6 Å². The fourth-order valence-corrected chi connectivity index (χ4v) is 3.08. The van der Waals surface area contributed by atoms with Gasteiger partial charge in [-0.25, -0.2) is 4.79 Å². The van der Waals surface area contributed by atoms with Gasteiger partial charge in [0, 0.05) is 31.2 Å². The van der Waals surface area contributed by atoms with Crippen LogP contribution in [0.5, 0.6) is 5.75 Å². The van der Waals surface area contributed by atoms with E-state index in [0.717, 1.165) is 0 Å². The van der Waals surface area contributed by atoms with Gasteiger partial charge in [0.25, 0.3) is 5.91 Å². The number of hydrogen-bond donors (Lipinski definition) is 0. The number of amides is 2. The molecule has 0 aliphatic carbocycles. The van der Waals surface area contributed by atoms with Crippen molar-refractivity contribution in [3.05, 3.63) is 46.3 Å². The number of nitrogens with zero attached hydrogens (tertiary/aromatic N) is 3. The van der Waals surface area contributed by atoms with Crippen LogP contribution in [0, 0.1) is 6.92 Å². The van der Waals surface area contributed by atoms with Crippen LogP contribution < -0.4 is 4.74 Å². The maximum absolute atomic E-state index is 12.9. The first kappa shape index (κ1) is 20.0. The second-order valence-electron chi connectivity index (χ2n) is 6.29. The summed E-state index contributed by atoms with van der Waals surface area (Å²) in [4.78, 5) is 27.9. The standard InChI is InChI=1S/C19H22ClN3O5/c1-3-26-19(25)23-9-7-22(8-10-23)18(24)17-16(13(2)28-21-17)12-27-15-6-4-5-14(20)11-15/h4-6,11H,3,7-10,12H2,1-2H3. The van der Waals surface area contributed by atoms with E-state index in [1.807, 2.05) is 0 Å². The number of carbonyl (C=O) groups is 2. The molecule has 9 heteroatoms. The third kappa shape index (κ3) is 4.56. The van der Waals surface area contributed by atoms with Gasteiger partial charge in [-0.05, 0) is 32.0 Å². The molecule has 28 heavy (non-hydrogen) atoms. The lowest BCUT2D eigenvalue weighted by molar-refractivity contribution is 0.0560. The van der Waals surface area contributed by atoms with Crippen LogP contribution in [0.25, 0.3) is 0 Å². The molecular weight excluding hydrogens is 386 g/mol. The Morgan fingerprint density at radius 1 is 1.21 bits per heavy atom. The lowest BCUT2D eigenvalue weighted by Gasteiger charge is -2.33. The van der Waals surface area contributed by atoms with Crippen LogP contribution in [0.2, 0.25) is 5.02 Å². The number of piperazine rings is 1. The Balaban J connectivity index is 1.64. The molecule has 8 nitrogen and oxygen atoms in total. The highest BCUT2D eigenvalue weighted by atomic mass is 35.5. The Labute approximate surface area is 167 Å². The number of rotatable bonds is 5. The first-order chi connectivity index (χ1) is 13.5. The van der Waals surface area contributed by atoms with Gasteiger partial charge in [-0.3, -0.25) is 4.79 Å². The number of carbonyl (C=O) groups excluding carboxylic acids is 2. The summed E-state index contributed by atoms with van der Waals surface area (Å²) in [7, 11) is 0. The molecule has 3 rings (SSSR count). The second-order valence-corrected chi connectivity index (χ2v) is 6.73. The Kier molecular flexibility index (Phi) is 6.41. The molecule has 1 saturated heterocycles. The summed E-state index contributed by atoms with van der Waals surface area (Å²) in [6, 6.07) is 7.02. The molecule has 2 heterocycles. The number of halogens is 1. The number of aromatic nitrogens is 1. The quantitative estimate of drug-likeness (QED) is 0.757. The molecule has 0 N–H and O–H groups in total. The van der Waals surface area contributed by atoms with Crippen LogP contribution in [-0.4, -0.2) is 59.7 Å². The monoisotopic (exact) mass is 407 g/mol. The van der Waals surface area contributed by atoms with Gasteiger partial charge in [0.1, 0.15) is 18.1 Å². The van der Waals surface area contributed by atoms with Crippen molar-refractivity contribution in [1.82, 2.24) is 15.0 Å². The average molecular weight is 408 g/mol. The van der Waals surface area contributed by atoms with E-state index in [1.54, 1.807) is 47.9 Å². The second kappa shape index (κ2) is 8.97. The molecule has 2 amide bonds. The predicted octanol–water partition coefficient (Wildman–Crippen LogP) is 3.13. The zero-order valence-corrected chi connectivity index (χ0v) is 16.6. The summed E-state index contributed by atoms with van der Waals surface area (Å²) >= 11 is 5.97. The third-order valence-corrected chi connectivity index (χ3v) is 4.69. The predicted molar refractivity (Wildman–Crippen MR) is 102 cm³/mol. The first-order valence-corrected chi connectivity index (χ1v) is 9.42. The largest absolute Gasteiger partial charge is 0.489 e. The third-order valence-electron chi connectivity index (χ3n) is 4.46. The van der Waals surface area contributed by atoms with E-state index in [-0.39, 0.29) is 24.3 Å². The van der Waals surface area contributed by atoms with E-state index in [1.165, 1.54) is 0 Å². The van der Waals surface area contributed by atoms with Crippen molar-refractivity contribution in [2.24, 2.45) is 0 Å². The molecule has 1 fully saturated rings. The van der Waals surface area contributed by atoms with Gasteiger partial charge in [-0.1, -0.05) is 22.8 Å². The number of benzene rings is 1. The molecule has 0 radical (unpaired) electrons. The van der Waals surface area contributed by atoms with Gasteiger partial charge in [-0.2, -0.15) is 0 Å². The molecule has 1 aliphatic rings. The van der Waals surface area contributed by atoms with E-state index in [9.17, 15) is 9.59 Å². The van der Waals surface area contributed by atoms with Crippen molar-refractivity contribution >= 4 is 23.6 Å². The van der Waals surface area contributed by atoms with Gasteiger partial charge in [0.05, 0.1) is 12.2 Å². The van der Waals surface area contributed by atoms with Crippen LogP contribution >= 0.6 is 11.6 Å². The van der Waals surface area contributed by atoms with Crippen LogP contribution in [-0.2, 0) is 11.3 Å². The summed E-state index contributed by atoms with van der Waals surface area (Å²) in [5.41, 5.74) is 0.821. The molecule has 0 bridgehead atoms. The van der Waals surface area contributed by atoms with E-state index < -0.39 is 0 Å². The van der Waals surface area contributed by atoms with Crippen molar-refractivity contribution in [1.29, 1.82) is 0 Å². The van der Waals surface area contributed by atoms with Crippen molar-refractivity contribution in [2.75, 3.05) is 32.8 Å². The smallest absolute Gasteiger partial charge is 0.409 e. The SMILES string of the molecule is CCOC(=O)N1CCN(C(=O)c2noc(C)c2COc2cccc(Cl)c2)CC1. The summed E-state index contributed by atoms with van der Waals surface area (Å²) in [6.45, 7) is 5.59. The van der Waals surface area contributed by atoms with Crippen LogP contribution in [0.15, 0.2) is 28.8 Å². The Morgan fingerprint density at radius 3 is 2.61 bits per heavy atom. The summed E-state index contributed by atoms with van der Waals surface area (Å²) < 4.78 is 16.0. The zero-order valence-electron chi connectivity index (χ0n) is 15.8. The summed E-state index contributed by atoms with van der Waals surface area (Å²) in [6.07, 6.45) is -0.359. The minimum Gasteiger partial charge on any atom is -0.489 e. The minimum absolute atomic E-state index is 0.138. The molecule has 2 aromatic rings. The summed E-state index contributed by atoms with van der Waals surface area (Å²) in [5.74, 6) is 0.871. The van der Waals surface area contributed by atoms with E-state index in [4.69, 9.17) is 25.6 Å². The molecule has 0 atom stereocenters. The Hall–Kier alpha value is -2.74. The highest BCUT2D eigenvalue weighted by molar-refractivity contribution is 6.30. The molecule has 1 aliphatic heterocycles. The van der Waals surface area contributed by atoms with E-state index >= 15 is 0 Å². The van der Waals surface area contributed by atoms with Gasteiger partial charge in [0.15, 0.2) is 5.69 Å². The van der Waals surface area contributed by atoms with Gasteiger partial charge in [-0.15, -0.1) is 0 Å². The maximum atomic E-state index is 12.9. The van der Waals surface area contributed by atoms with Crippen LogP contribution in [0.3, 0.4) is 0 Å². The van der Waals surface area contributed by atoms with Crippen LogP contribution in [0.1, 0.15) is 28.7 Å². The van der Waals surface area contributed by atoms with E-state index in [2.05, 4.69) is 5.16 Å². The fraction of sp³-hybridized carbons (Fsp3) is 0.421. The normalized spacial score (nSPS) is 14.1. The van der Waals surface area contributed by atoms with Gasteiger partial charge >= 0.3 is 6.09 Å². The molecule has 0 spiro atoms. The Bertz CT molecular complexity index is 846. The number of hydrogen-bond acceptors (Lipinski definition) is 6. The fourth-order valence-electron chi connectivity index (χ4n) is 2.90. The number of aryl methyl sites for hydroxylation is 1. The summed E-state index contributed by atoms with van der Waals surface area (Å²) in [5, 5.41) is 4.49.